The molecule has 1 aromatic carbocycles. The summed E-state index contributed by atoms with van der Waals surface area (Å²) in [4.78, 5) is 0. The van der Waals surface area contributed by atoms with E-state index in [0.29, 0.717) is 18.6 Å². The van der Waals surface area contributed by atoms with Crippen LogP contribution in [0.25, 0.3) is 0 Å². The van der Waals surface area contributed by atoms with Crippen LogP contribution in [-0.4, -0.2) is 25.8 Å². The molecular formula is C15H23NO2. The van der Waals surface area contributed by atoms with Gasteiger partial charge in [0.15, 0.2) is 0 Å². The van der Waals surface area contributed by atoms with Crippen LogP contribution < -0.4 is 14.8 Å². The van der Waals surface area contributed by atoms with E-state index in [4.69, 9.17) is 9.47 Å². The van der Waals surface area contributed by atoms with Crippen LogP contribution in [-0.2, 0) is 0 Å². The molecule has 2 rings (SSSR count). The molecule has 1 aliphatic heterocycles. The molecule has 0 bridgehead atoms. The van der Waals surface area contributed by atoms with Crippen molar-refractivity contribution in [2.45, 2.75) is 32.8 Å². The van der Waals surface area contributed by atoms with Crippen LogP contribution in [0.2, 0.25) is 0 Å². The van der Waals surface area contributed by atoms with Crippen LogP contribution in [0.15, 0.2) is 24.3 Å². The average Bonchev–Trinajstić information content (AvgIpc) is 2.58. The minimum absolute atomic E-state index is 0.318. The number of rotatable bonds is 4. The molecule has 1 heterocycles. The van der Waals surface area contributed by atoms with Crippen molar-refractivity contribution < 1.29 is 9.47 Å². The molecular weight excluding hydrogens is 226 g/mol. The molecule has 2 unspecified atom stereocenters. The summed E-state index contributed by atoms with van der Waals surface area (Å²) in [6.45, 7) is 7.09. The molecule has 1 fully saturated rings. The molecule has 100 valence electrons. The maximum Gasteiger partial charge on any atom is 0.120 e. The number of benzene rings is 1. The van der Waals surface area contributed by atoms with Crippen LogP contribution in [0, 0.1) is 5.92 Å². The molecule has 1 aromatic rings. The lowest BCUT2D eigenvalue weighted by atomic mass is 10.0. The van der Waals surface area contributed by atoms with E-state index < -0.39 is 0 Å². The van der Waals surface area contributed by atoms with Crippen LogP contribution in [0.1, 0.15) is 26.7 Å². The third-order valence-electron chi connectivity index (χ3n) is 3.37. The van der Waals surface area contributed by atoms with E-state index >= 15 is 0 Å². The maximum atomic E-state index is 6.09. The molecule has 1 aliphatic rings. The third kappa shape index (κ3) is 3.64. The number of hydrogen-bond acceptors (Lipinski definition) is 3. The first-order valence-corrected chi connectivity index (χ1v) is 6.90. The van der Waals surface area contributed by atoms with E-state index in [0.717, 1.165) is 31.0 Å². The summed E-state index contributed by atoms with van der Waals surface area (Å²) in [5, 5.41) is 3.44. The van der Waals surface area contributed by atoms with E-state index in [-0.39, 0.29) is 0 Å². The molecule has 0 aliphatic carbocycles. The van der Waals surface area contributed by atoms with Gasteiger partial charge in [0, 0.05) is 12.5 Å². The second-order valence-corrected chi connectivity index (χ2v) is 4.88. The Morgan fingerprint density at radius 3 is 2.67 bits per heavy atom. The standard InChI is InChI=1S/C15H23NO2/c1-3-17-13-6-8-14(9-7-13)18-15-5-4-10-16-11-12(15)2/h6-9,12,15-16H,3-5,10-11H2,1-2H3. The number of nitrogens with one attached hydrogen (secondary N) is 1. The molecule has 0 amide bonds. The predicted octanol–water partition coefficient (Wildman–Crippen LogP) is 2.85. The van der Waals surface area contributed by atoms with Gasteiger partial charge in [0.2, 0.25) is 0 Å². The summed E-state index contributed by atoms with van der Waals surface area (Å²) in [5.41, 5.74) is 0. The Labute approximate surface area is 109 Å². The highest BCUT2D eigenvalue weighted by atomic mass is 16.5. The van der Waals surface area contributed by atoms with E-state index in [2.05, 4.69) is 12.2 Å². The summed E-state index contributed by atoms with van der Waals surface area (Å²) in [5.74, 6) is 2.40. The van der Waals surface area contributed by atoms with Crippen molar-refractivity contribution in [2.75, 3.05) is 19.7 Å². The van der Waals surface area contributed by atoms with Crippen LogP contribution in [0.3, 0.4) is 0 Å². The number of ether oxygens (including phenoxy) is 2. The van der Waals surface area contributed by atoms with Gasteiger partial charge in [-0.2, -0.15) is 0 Å². The Morgan fingerprint density at radius 1 is 1.22 bits per heavy atom. The highest BCUT2D eigenvalue weighted by Gasteiger charge is 2.21. The summed E-state index contributed by atoms with van der Waals surface area (Å²) in [6.07, 6.45) is 2.63. The fraction of sp³-hybridized carbons (Fsp3) is 0.600. The average molecular weight is 249 g/mol. The highest BCUT2D eigenvalue weighted by molar-refractivity contribution is 5.31. The van der Waals surface area contributed by atoms with Crippen molar-refractivity contribution in [1.82, 2.24) is 5.32 Å². The molecule has 1 N–H and O–H groups in total. The first kappa shape index (κ1) is 13.2. The minimum atomic E-state index is 0.318. The summed E-state index contributed by atoms with van der Waals surface area (Å²) in [6, 6.07) is 7.93. The molecule has 0 saturated carbocycles. The van der Waals surface area contributed by atoms with Gasteiger partial charge in [-0.15, -0.1) is 0 Å². The summed E-state index contributed by atoms with van der Waals surface area (Å²) >= 11 is 0. The van der Waals surface area contributed by atoms with Crippen molar-refractivity contribution in [1.29, 1.82) is 0 Å². The van der Waals surface area contributed by atoms with Gasteiger partial charge in [-0.05, 0) is 50.6 Å². The van der Waals surface area contributed by atoms with Gasteiger partial charge in [-0.1, -0.05) is 6.92 Å². The fourth-order valence-corrected chi connectivity index (χ4v) is 2.30. The third-order valence-corrected chi connectivity index (χ3v) is 3.37. The van der Waals surface area contributed by atoms with Crippen molar-refractivity contribution in [3.63, 3.8) is 0 Å². The zero-order chi connectivity index (χ0) is 12.8. The first-order valence-electron chi connectivity index (χ1n) is 6.90. The van der Waals surface area contributed by atoms with Gasteiger partial charge in [0.1, 0.15) is 17.6 Å². The largest absolute Gasteiger partial charge is 0.494 e. The second kappa shape index (κ2) is 6.64. The molecule has 3 nitrogen and oxygen atoms in total. The van der Waals surface area contributed by atoms with E-state index in [1.807, 2.05) is 31.2 Å². The second-order valence-electron chi connectivity index (χ2n) is 4.88. The van der Waals surface area contributed by atoms with Gasteiger partial charge < -0.3 is 14.8 Å². The molecule has 3 heteroatoms. The lowest BCUT2D eigenvalue weighted by Gasteiger charge is -2.22. The van der Waals surface area contributed by atoms with Gasteiger partial charge in [-0.25, -0.2) is 0 Å². The Bertz CT molecular complexity index is 350. The molecule has 2 atom stereocenters. The Morgan fingerprint density at radius 2 is 1.94 bits per heavy atom. The van der Waals surface area contributed by atoms with Gasteiger partial charge in [0.05, 0.1) is 6.61 Å². The maximum absolute atomic E-state index is 6.09. The summed E-state index contributed by atoms with van der Waals surface area (Å²) in [7, 11) is 0. The molecule has 18 heavy (non-hydrogen) atoms. The van der Waals surface area contributed by atoms with Crippen LogP contribution in [0.4, 0.5) is 0 Å². The van der Waals surface area contributed by atoms with Crippen molar-refractivity contribution in [3.05, 3.63) is 24.3 Å². The lowest BCUT2D eigenvalue weighted by molar-refractivity contribution is 0.141. The molecule has 0 spiro atoms. The van der Waals surface area contributed by atoms with Crippen molar-refractivity contribution in [2.24, 2.45) is 5.92 Å². The van der Waals surface area contributed by atoms with E-state index in [1.54, 1.807) is 0 Å². The minimum Gasteiger partial charge on any atom is -0.494 e. The van der Waals surface area contributed by atoms with Crippen molar-refractivity contribution in [3.8, 4) is 11.5 Å². The topological polar surface area (TPSA) is 30.5 Å². The van der Waals surface area contributed by atoms with Crippen LogP contribution >= 0.6 is 0 Å². The van der Waals surface area contributed by atoms with Gasteiger partial charge in [-0.3, -0.25) is 0 Å². The Balaban J connectivity index is 1.94. The highest BCUT2D eigenvalue weighted by Crippen LogP contribution is 2.23. The predicted molar refractivity (Wildman–Crippen MR) is 73.3 cm³/mol. The Hall–Kier alpha value is -1.22. The zero-order valence-corrected chi connectivity index (χ0v) is 11.3. The lowest BCUT2D eigenvalue weighted by Crippen LogP contribution is -2.29. The van der Waals surface area contributed by atoms with Gasteiger partial charge in [0.25, 0.3) is 0 Å². The number of hydrogen-bond donors (Lipinski definition) is 1. The van der Waals surface area contributed by atoms with Crippen molar-refractivity contribution >= 4 is 0 Å². The van der Waals surface area contributed by atoms with E-state index in [1.165, 1.54) is 6.42 Å². The fourth-order valence-electron chi connectivity index (χ4n) is 2.30. The van der Waals surface area contributed by atoms with Gasteiger partial charge >= 0.3 is 0 Å². The Kier molecular flexibility index (Phi) is 4.88. The monoisotopic (exact) mass is 249 g/mol. The SMILES string of the molecule is CCOc1ccc(OC2CCCNCC2C)cc1. The molecule has 0 radical (unpaired) electrons. The quantitative estimate of drug-likeness (QED) is 0.890. The molecule has 1 saturated heterocycles. The first-order chi connectivity index (χ1) is 8.79. The van der Waals surface area contributed by atoms with E-state index in [9.17, 15) is 0 Å². The summed E-state index contributed by atoms with van der Waals surface area (Å²) < 4.78 is 11.5. The normalized spacial score (nSPS) is 24.3. The van der Waals surface area contributed by atoms with Crippen LogP contribution in [0.5, 0.6) is 11.5 Å². The zero-order valence-electron chi connectivity index (χ0n) is 11.3. The molecule has 0 aromatic heterocycles. The smallest absolute Gasteiger partial charge is 0.120 e.